The summed E-state index contributed by atoms with van der Waals surface area (Å²) in [7, 11) is 0. The molecule has 2 aliphatic heterocycles. The number of hydrogen-bond acceptors (Lipinski definition) is 5. The largest absolute Gasteiger partial charge is 0.490 e. The minimum absolute atomic E-state index is 0.242. The van der Waals surface area contributed by atoms with Gasteiger partial charge in [-0.25, -0.2) is 18.4 Å². The Morgan fingerprint density at radius 1 is 1.09 bits per heavy atom. The van der Waals surface area contributed by atoms with Crippen molar-refractivity contribution in [3.63, 3.8) is 0 Å². The number of ether oxygens (including phenoxy) is 1. The molecular weight excluding hydrogens is 434 g/mol. The summed E-state index contributed by atoms with van der Waals surface area (Å²) in [6.07, 6.45) is 1.81. The zero-order valence-electron chi connectivity index (χ0n) is 18.1. The highest BCUT2D eigenvalue weighted by atomic mass is 19.2. The maximum absolute atomic E-state index is 13.7. The molecule has 0 atom stereocenters. The first-order chi connectivity index (χ1) is 15.7. The van der Waals surface area contributed by atoms with Crippen molar-refractivity contribution in [1.29, 1.82) is 0 Å². The topological polar surface area (TPSA) is 90.3 Å². The Morgan fingerprint density at radius 3 is 2.55 bits per heavy atom. The lowest BCUT2D eigenvalue weighted by molar-refractivity contribution is -0.136. The molecule has 2 aliphatic rings. The fourth-order valence-electron chi connectivity index (χ4n) is 4.61. The van der Waals surface area contributed by atoms with E-state index in [0.29, 0.717) is 56.9 Å². The van der Waals surface area contributed by atoms with Gasteiger partial charge in [-0.15, -0.1) is 0 Å². The van der Waals surface area contributed by atoms with Crippen LogP contribution < -0.4 is 9.64 Å². The van der Waals surface area contributed by atoms with E-state index in [1.165, 1.54) is 6.07 Å². The molecule has 0 aromatic heterocycles. The van der Waals surface area contributed by atoms with Crippen molar-refractivity contribution in [3.8, 4) is 5.75 Å². The number of hydrogen-bond donors (Lipinski definition) is 2. The monoisotopic (exact) mass is 458 g/mol. The summed E-state index contributed by atoms with van der Waals surface area (Å²) in [4.78, 5) is 26.3. The van der Waals surface area contributed by atoms with Crippen molar-refractivity contribution in [3.05, 3.63) is 69.9 Å². The summed E-state index contributed by atoms with van der Waals surface area (Å²) in [5.74, 6) is -3.65. The number of nitrogens with zero attached hydrogens (tertiary/aromatic N) is 2. The molecule has 33 heavy (non-hydrogen) atoms. The lowest BCUT2D eigenvalue weighted by Gasteiger charge is -2.34. The second kappa shape index (κ2) is 9.09. The Hall–Kier alpha value is -3.62. The first kappa shape index (κ1) is 22.6. The fourth-order valence-corrected chi connectivity index (χ4v) is 4.61. The van der Waals surface area contributed by atoms with Crippen LogP contribution in [0, 0.1) is 18.6 Å². The molecule has 4 rings (SSSR count). The van der Waals surface area contributed by atoms with E-state index in [1.54, 1.807) is 11.0 Å². The molecule has 0 bridgehead atoms. The summed E-state index contributed by atoms with van der Waals surface area (Å²) >= 11 is 0. The van der Waals surface area contributed by atoms with Crippen LogP contribution in [0.15, 0.2) is 36.0 Å². The molecule has 0 saturated heterocycles. The fraction of sp³-hybridized carbons (Fsp3) is 0.333. The van der Waals surface area contributed by atoms with Crippen LogP contribution in [0.4, 0.5) is 14.5 Å². The summed E-state index contributed by atoms with van der Waals surface area (Å²) in [5.41, 5.74) is 4.38. The number of aliphatic carboxylic acids is 2. The molecule has 9 heteroatoms. The minimum atomic E-state index is -1.30. The summed E-state index contributed by atoms with van der Waals surface area (Å²) < 4.78 is 33.0. The van der Waals surface area contributed by atoms with E-state index in [9.17, 15) is 23.5 Å². The molecule has 174 valence electrons. The van der Waals surface area contributed by atoms with Gasteiger partial charge in [-0.3, -0.25) is 0 Å². The number of halogens is 2. The molecule has 2 aromatic rings. The molecule has 0 aliphatic carbocycles. The van der Waals surface area contributed by atoms with Crippen LogP contribution in [0.3, 0.4) is 0 Å². The van der Waals surface area contributed by atoms with Crippen molar-refractivity contribution in [2.24, 2.45) is 0 Å². The van der Waals surface area contributed by atoms with Gasteiger partial charge in [0, 0.05) is 19.6 Å². The average Bonchev–Trinajstić information content (AvgIpc) is 2.97. The summed E-state index contributed by atoms with van der Waals surface area (Å²) in [6, 6.07) is 5.84. The molecule has 0 amide bonds. The maximum atomic E-state index is 13.7. The van der Waals surface area contributed by atoms with Crippen molar-refractivity contribution in [1.82, 2.24) is 4.90 Å². The minimum Gasteiger partial charge on any atom is -0.490 e. The van der Waals surface area contributed by atoms with Crippen molar-refractivity contribution < 1.29 is 33.3 Å². The predicted molar refractivity (Wildman–Crippen MR) is 116 cm³/mol. The number of benzene rings is 2. The van der Waals surface area contributed by atoms with Crippen LogP contribution in [-0.2, 0) is 29.0 Å². The van der Waals surface area contributed by atoms with Gasteiger partial charge in [-0.1, -0.05) is 6.07 Å². The van der Waals surface area contributed by atoms with Crippen LogP contribution in [0.2, 0.25) is 0 Å². The van der Waals surface area contributed by atoms with E-state index >= 15 is 0 Å². The van der Waals surface area contributed by atoms with E-state index in [4.69, 9.17) is 9.84 Å². The molecule has 7 nitrogen and oxygen atoms in total. The predicted octanol–water partition coefficient (Wildman–Crippen LogP) is 3.13. The number of carboxylic acids is 2. The van der Waals surface area contributed by atoms with E-state index in [-0.39, 0.29) is 5.70 Å². The van der Waals surface area contributed by atoms with Gasteiger partial charge in [0.05, 0.1) is 18.3 Å². The molecule has 0 radical (unpaired) electrons. The zero-order chi connectivity index (χ0) is 23.7. The van der Waals surface area contributed by atoms with E-state index in [2.05, 4.69) is 4.90 Å². The summed E-state index contributed by atoms with van der Waals surface area (Å²) in [5, 5.41) is 18.5. The Morgan fingerprint density at radius 2 is 1.85 bits per heavy atom. The van der Waals surface area contributed by atoms with Gasteiger partial charge in [-0.05, 0) is 60.2 Å². The molecule has 0 spiro atoms. The maximum Gasteiger partial charge on any atom is 0.352 e. The van der Waals surface area contributed by atoms with Gasteiger partial charge in [0.25, 0.3) is 0 Å². The van der Waals surface area contributed by atoms with Gasteiger partial charge in [0.1, 0.15) is 18.1 Å². The highest BCUT2D eigenvalue weighted by Gasteiger charge is 2.28. The Labute approximate surface area is 189 Å². The smallest absolute Gasteiger partial charge is 0.352 e. The number of fused-ring (bicyclic) bond motifs is 2. The highest BCUT2D eigenvalue weighted by molar-refractivity contribution is 5.94. The highest BCUT2D eigenvalue weighted by Crippen LogP contribution is 2.40. The van der Waals surface area contributed by atoms with E-state index in [1.807, 2.05) is 13.0 Å². The van der Waals surface area contributed by atoms with Crippen molar-refractivity contribution in [2.45, 2.75) is 26.3 Å². The third kappa shape index (κ3) is 4.62. The molecule has 0 fully saturated rings. The molecule has 2 aromatic carbocycles. The first-order valence-electron chi connectivity index (χ1n) is 10.6. The lowest BCUT2D eigenvalue weighted by Crippen LogP contribution is -2.33. The quantitative estimate of drug-likeness (QED) is 0.666. The van der Waals surface area contributed by atoms with Crippen LogP contribution >= 0.6 is 0 Å². The van der Waals surface area contributed by atoms with Crippen molar-refractivity contribution >= 4 is 17.6 Å². The lowest BCUT2D eigenvalue weighted by atomic mass is 9.94. The average molecular weight is 458 g/mol. The number of rotatable bonds is 5. The molecule has 2 heterocycles. The third-order valence-corrected chi connectivity index (χ3v) is 6.13. The summed E-state index contributed by atoms with van der Waals surface area (Å²) in [6.45, 7) is 4.14. The molecule has 2 N–H and O–H groups in total. The van der Waals surface area contributed by atoms with E-state index < -0.39 is 23.6 Å². The Kier molecular flexibility index (Phi) is 6.22. The second-order valence-electron chi connectivity index (χ2n) is 8.16. The Bertz CT molecular complexity index is 1150. The van der Waals surface area contributed by atoms with E-state index in [0.717, 1.165) is 34.5 Å². The normalized spacial score (nSPS) is 15.9. The molecule has 0 saturated carbocycles. The Balaban J connectivity index is 1.64. The van der Waals surface area contributed by atoms with Gasteiger partial charge in [0.15, 0.2) is 11.6 Å². The second-order valence-corrected chi connectivity index (χ2v) is 8.16. The van der Waals surface area contributed by atoms with Gasteiger partial charge >= 0.3 is 11.9 Å². The van der Waals surface area contributed by atoms with Gasteiger partial charge < -0.3 is 24.7 Å². The van der Waals surface area contributed by atoms with Crippen LogP contribution in [-0.4, -0.2) is 53.3 Å². The number of carboxylic acid groups (broad SMARTS) is 2. The van der Waals surface area contributed by atoms with Gasteiger partial charge in [-0.2, -0.15) is 0 Å². The number of anilines is 1. The van der Waals surface area contributed by atoms with Crippen LogP contribution in [0.1, 0.15) is 22.3 Å². The van der Waals surface area contributed by atoms with Crippen LogP contribution in [0.5, 0.6) is 5.75 Å². The van der Waals surface area contributed by atoms with Crippen molar-refractivity contribution in [2.75, 3.05) is 31.1 Å². The molecular formula is C24H24F2N2O5. The molecule has 0 unspecified atom stereocenters. The third-order valence-electron chi connectivity index (χ3n) is 6.13. The SMILES string of the molecule is Cc1c2c(cc3c1N(Cc1ccc(F)c(F)c1)CCO3)CCN(/C(=C\C(=O)O)C(=O)O)CC2. The zero-order valence-corrected chi connectivity index (χ0v) is 18.1. The van der Waals surface area contributed by atoms with Gasteiger partial charge in [0.2, 0.25) is 0 Å². The standard InChI is InChI=1S/C24H24F2N2O5/c1-14-17-5-7-27(20(24(31)32)12-22(29)30)6-4-16(17)11-21-23(14)28(8-9-33-21)13-15-2-3-18(25)19(26)10-15/h2-3,10-12H,4-9,13H2,1H3,(H,29,30)(H,31,32)/b20-12-. The number of carbonyl (C=O) groups is 2. The first-order valence-corrected chi connectivity index (χ1v) is 10.6. The van der Waals surface area contributed by atoms with Crippen LogP contribution in [0.25, 0.3) is 0 Å².